The zero-order valence-electron chi connectivity index (χ0n) is 9.60. The van der Waals surface area contributed by atoms with Crippen LogP contribution in [0, 0.1) is 5.92 Å². The maximum atomic E-state index is 12.3. The van der Waals surface area contributed by atoms with E-state index in [0.717, 1.165) is 29.2 Å². The molecule has 1 fully saturated rings. The number of hydrogen-bond acceptors (Lipinski definition) is 2. The zero-order valence-corrected chi connectivity index (χ0v) is 9.60. The van der Waals surface area contributed by atoms with Crippen LogP contribution in [0.5, 0.6) is 0 Å². The standard InChI is InChI=1S/C15H15NO/c16-12-8-11(9-12)15(17)14-7-3-5-10-4-1-2-6-13(10)14/h1-7,11-12H,8-9,16H2. The largest absolute Gasteiger partial charge is 0.328 e. The van der Waals surface area contributed by atoms with Gasteiger partial charge in [0.25, 0.3) is 0 Å². The fraction of sp³-hybridized carbons (Fsp3) is 0.267. The molecule has 2 heteroatoms. The molecule has 0 amide bonds. The summed E-state index contributed by atoms with van der Waals surface area (Å²) in [7, 11) is 0. The predicted octanol–water partition coefficient (Wildman–Crippen LogP) is 2.76. The summed E-state index contributed by atoms with van der Waals surface area (Å²) in [4.78, 5) is 12.3. The van der Waals surface area contributed by atoms with Crippen molar-refractivity contribution in [1.29, 1.82) is 0 Å². The number of benzene rings is 2. The van der Waals surface area contributed by atoms with E-state index in [-0.39, 0.29) is 17.7 Å². The van der Waals surface area contributed by atoms with Crippen molar-refractivity contribution in [1.82, 2.24) is 0 Å². The lowest BCUT2D eigenvalue weighted by Crippen LogP contribution is -2.40. The van der Waals surface area contributed by atoms with Crippen LogP contribution in [0.25, 0.3) is 10.8 Å². The Labute approximate surface area is 100 Å². The molecule has 0 unspecified atom stereocenters. The minimum atomic E-state index is 0.135. The predicted molar refractivity (Wildman–Crippen MR) is 69.0 cm³/mol. The van der Waals surface area contributed by atoms with Gasteiger partial charge in [-0.1, -0.05) is 42.5 Å². The second kappa shape index (κ2) is 3.97. The van der Waals surface area contributed by atoms with Crippen LogP contribution in [0.2, 0.25) is 0 Å². The number of carbonyl (C=O) groups excluding carboxylic acids is 1. The van der Waals surface area contributed by atoms with Gasteiger partial charge in [0.15, 0.2) is 5.78 Å². The monoisotopic (exact) mass is 225 g/mol. The lowest BCUT2D eigenvalue weighted by molar-refractivity contribution is 0.0834. The molecule has 1 aliphatic carbocycles. The molecule has 0 bridgehead atoms. The van der Waals surface area contributed by atoms with E-state index in [0.29, 0.717) is 0 Å². The van der Waals surface area contributed by atoms with Crippen LogP contribution in [0.3, 0.4) is 0 Å². The molecule has 17 heavy (non-hydrogen) atoms. The molecule has 3 rings (SSSR count). The molecule has 2 aromatic carbocycles. The van der Waals surface area contributed by atoms with E-state index in [9.17, 15) is 4.79 Å². The Morgan fingerprint density at radius 2 is 1.76 bits per heavy atom. The van der Waals surface area contributed by atoms with Gasteiger partial charge in [-0.05, 0) is 23.6 Å². The highest BCUT2D eigenvalue weighted by molar-refractivity contribution is 6.09. The van der Waals surface area contributed by atoms with Gasteiger partial charge in [-0.2, -0.15) is 0 Å². The molecule has 0 radical (unpaired) electrons. The first-order valence-electron chi connectivity index (χ1n) is 6.03. The molecule has 0 heterocycles. The van der Waals surface area contributed by atoms with Crippen molar-refractivity contribution in [2.45, 2.75) is 18.9 Å². The van der Waals surface area contributed by atoms with Gasteiger partial charge < -0.3 is 5.73 Å². The summed E-state index contributed by atoms with van der Waals surface area (Å²) in [5.41, 5.74) is 6.59. The molecule has 1 aliphatic rings. The van der Waals surface area contributed by atoms with E-state index in [1.165, 1.54) is 0 Å². The highest BCUT2D eigenvalue weighted by atomic mass is 16.1. The molecular weight excluding hydrogens is 210 g/mol. The van der Waals surface area contributed by atoms with Crippen LogP contribution >= 0.6 is 0 Å². The first-order chi connectivity index (χ1) is 8.25. The number of fused-ring (bicyclic) bond motifs is 1. The third-order valence-electron chi connectivity index (χ3n) is 3.60. The molecule has 2 N–H and O–H groups in total. The Bertz CT molecular complexity index is 565. The number of carbonyl (C=O) groups is 1. The molecule has 0 aromatic heterocycles. The van der Waals surface area contributed by atoms with Gasteiger partial charge in [-0.25, -0.2) is 0 Å². The zero-order chi connectivity index (χ0) is 11.8. The summed E-state index contributed by atoms with van der Waals surface area (Å²) in [6, 6.07) is 14.2. The van der Waals surface area contributed by atoms with Crippen LogP contribution in [0.4, 0.5) is 0 Å². The van der Waals surface area contributed by atoms with Crippen molar-refractivity contribution < 1.29 is 4.79 Å². The van der Waals surface area contributed by atoms with Crippen LogP contribution in [0.15, 0.2) is 42.5 Å². The molecule has 2 aromatic rings. The Morgan fingerprint density at radius 1 is 1.06 bits per heavy atom. The molecule has 86 valence electrons. The van der Waals surface area contributed by atoms with Crippen molar-refractivity contribution in [2.75, 3.05) is 0 Å². The Morgan fingerprint density at radius 3 is 2.53 bits per heavy atom. The summed E-state index contributed by atoms with van der Waals surface area (Å²) in [5.74, 6) is 0.388. The summed E-state index contributed by atoms with van der Waals surface area (Å²) < 4.78 is 0. The van der Waals surface area contributed by atoms with E-state index in [2.05, 4.69) is 0 Å². The Hall–Kier alpha value is -1.67. The van der Waals surface area contributed by atoms with E-state index < -0.39 is 0 Å². The van der Waals surface area contributed by atoms with E-state index in [1.807, 2.05) is 42.5 Å². The fourth-order valence-corrected chi connectivity index (χ4v) is 2.54. The van der Waals surface area contributed by atoms with Crippen molar-refractivity contribution >= 4 is 16.6 Å². The minimum Gasteiger partial charge on any atom is -0.328 e. The van der Waals surface area contributed by atoms with Gasteiger partial charge in [-0.3, -0.25) is 4.79 Å². The third-order valence-corrected chi connectivity index (χ3v) is 3.60. The number of ketones is 1. The average Bonchev–Trinajstić information content (AvgIpc) is 2.33. The first-order valence-corrected chi connectivity index (χ1v) is 6.03. The van der Waals surface area contributed by atoms with E-state index >= 15 is 0 Å². The van der Waals surface area contributed by atoms with Crippen molar-refractivity contribution in [3.8, 4) is 0 Å². The van der Waals surface area contributed by atoms with Crippen LogP contribution in [-0.4, -0.2) is 11.8 Å². The molecule has 0 aliphatic heterocycles. The quantitative estimate of drug-likeness (QED) is 0.798. The van der Waals surface area contributed by atoms with Crippen molar-refractivity contribution in [3.63, 3.8) is 0 Å². The third kappa shape index (κ3) is 1.75. The maximum Gasteiger partial charge on any atom is 0.166 e. The Kier molecular flexibility index (Phi) is 2.45. The Balaban J connectivity index is 2.02. The van der Waals surface area contributed by atoms with Crippen LogP contribution < -0.4 is 5.73 Å². The van der Waals surface area contributed by atoms with Gasteiger partial charge in [0.2, 0.25) is 0 Å². The van der Waals surface area contributed by atoms with Gasteiger partial charge in [-0.15, -0.1) is 0 Å². The summed E-state index contributed by atoms with van der Waals surface area (Å²) in [5, 5.41) is 2.18. The molecule has 0 spiro atoms. The highest BCUT2D eigenvalue weighted by Gasteiger charge is 2.32. The molecule has 2 nitrogen and oxygen atoms in total. The van der Waals surface area contributed by atoms with Gasteiger partial charge >= 0.3 is 0 Å². The van der Waals surface area contributed by atoms with E-state index in [1.54, 1.807) is 0 Å². The smallest absolute Gasteiger partial charge is 0.166 e. The van der Waals surface area contributed by atoms with Gasteiger partial charge in [0.05, 0.1) is 0 Å². The number of Topliss-reactive ketones (excluding diaryl/α,β-unsaturated/α-hetero) is 1. The summed E-state index contributed by atoms with van der Waals surface area (Å²) in [6.07, 6.45) is 1.67. The van der Waals surface area contributed by atoms with Crippen molar-refractivity contribution in [3.05, 3.63) is 48.0 Å². The summed E-state index contributed by atoms with van der Waals surface area (Å²) >= 11 is 0. The lowest BCUT2D eigenvalue weighted by Gasteiger charge is -2.31. The lowest BCUT2D eigenvalue weighted by atomic mass is 9.76. The molecule has 0 atom stereocenters. The second-order valence-electron chi connectivity index (χ2n) is 4.82. The number of rotatable bonds is 2. The minimum absolute atomic E-state index is 0.135. The second-order valence-corrected chi connectivity index (χ2v) is 4.82. The molecular formula is C15H15NO. The topological polar surface area (TPSA) is 43.1 Å². The number of nitrogens with two attached hydrogens (primary N) is 1. The summed E-state index contributed by atoms with van der Waals surface area (Å²) in [6.45, 7) is 0. The van der Waals surface area contributed by atoms with Crippen molar-refractivity contribution in [2.24, 2.45) is 11.7 Å². The van der Waals surface area contributed by atoms with Crippen LogP contribution in [-0.2, 0) is 0 Å². The van der Waals surface area contributed by atoms with E-state index in [4.69, 9.17) is 5.73 Å². The molecule has 1 saturated carbocycles. The van der Waals surface area contributed by atoms with Gasteiger partial charge in [0.1, 0.15) is 0 Å². The first kappa shape index (κ1) is 10.5. The molecule has 0 saturated heterocycles. The highest BCUT2D eigenvalue weighted by Crippen LogP contribution is 2.31. The van der Waals surface area contributed by atoms with Crippen LogP contribution in [0.1, 0.15) is 23.2 Å². The normalized spacial score (nSPS) is 23.4. The maximum absolute atomic E-state index is 12.3. The van der Waals surface area contributed by atoms with Gasteiger partial charge in [0, 0.05) is 17.5 Å². The average molecular weight is 225 g/mol. The number of hydrogen-bond donors (Lipinski definition) is 1. The SMILES string of the molecule is NC1CC(C(=O)c2cccc3ccccc23)C1. The fourth-order valence-electron chi connectivity index (χ4n) is 2.54.